The Balaban J connectivity index is 1.46. The van der Waals surface area contributed by atoms with Crippen molar-refractivity contribution in [1.29, 1.82) is 0 Å². The number of carbonyl (C=O) groups excluding carboxylic acids is 4. The monoisotopic (exact) mass is 553 g/mol. The Labute approximate surface area is 233 Å². The summed E-state index contributed by atoms with van der Waals surface area (Å²) in [7, 11) is 1.34. The highest BCUT2D eigenvalue weighted by atomic mass is 16.6. The Kier molecular flexibility index (Phi) is 6.14. The average molecular weight is 554 g/mol. The number of non-ortho nitro benzene ring substituents is 1. The van der Waals surface area contributed by atoms with Crippen molar-refractivity contribution in [3.63, 3.8) is 0 Å². The lowest BCUT2D eigenvalue weighted by molar-refractivity contribution is -0.384. The number of carbonyl (C=O) groups is 4. The lowest BCUT2D eigenvalue weighted by Gasteiger charge is -2.36. The lowest BCUT2D eigenvalue weighted by Crippen LogP contribution is -2.48. The van der Waals surface area contributed by atoms with Crippen LogP contribution in [0.1, 0.15) is 22.8 Å². The summed E-state index contributed by atoms with van der Waals surface area (Å²) in [4.78, 5) is 67.3. The van der Waals surface area contributed by atoms with E-state index in [9.17, 15) is 29.3 Å². The molecule has 0 aromatic heterocycles. The number of nitro groups is 1. The van der Waals surface area contributed by atoms with Gasteiger partial charge in [-0.3, -0.25) is 29.3 Å². The van der Waals surface area contributed by atoms with Crippen LogP contribution in [0.15, 0.2) is 72.8 Å². The third-order valence-electron chi connectivity index (χ3n) is 7.70. The topological polar surface area (TPSA) is 136 Å². The summed E-state index contributed by atoms with van der Waals surface area (Å²) >= 11 is 0. The Hall–Kier alpha value is -5.32. The molecule has 0 saturated carbocycles. The number of nitrogens with zero attached hydrogens (tertiary/aromatic N) is 3. The van der Waals surface area contributed by atoms with E-state index in [1.54, 1.807) is 0 Å². The number of nitro benzene ring substituents is 1. The van der Waals surface area contributed by atoms with Gasteiger partial charge >= 0.3 is 5.97 Å². The van der Waals surface area contributed by atoms with E-state index in [0.717, 1.165) is 16.5 Å². The van der Waals surface area contributed by atoms with Crippen LogP contribution < -0.4 is 19.3 Å². The van der Waals surface area contributed by atoms with Crippen LogP contribution in [-0.2, 0) is 14.4 Å². The van der Waals surface area contributed by atoms with Crippen molar-refractivity contribution in [2.75, 3.05) is 16.9 Å². The third-order valence-corrected chi connectivity index (χ3v) is 7.70. The summed E-state index contributed by atoms with van der Waals surface area (Å²) in [6.45, 7) is 1.27. The predicted octanol–water partition coefficient (Wildman–Crippen LogP) is 3.80. The maximum absolute atomic E-state index is 14.2. The van der Waals surface area contributed by atoms with Gasteiger partial charge in [-0.2, -0.15) is 0 Å². The average Bonchev–Trinajstić information content (AvgIpc) is 3.44. The van der Waals surface area contributed by atoms with Gasteiger partial charge in [0.05, 0.1) is 29.9 Å². The van der Waals surface area contributed by atoms with Gasteiger partial charge in [0.1, 0.15) is 23.2 Å². The summed E-state index contributed by atoms with van der Waals surface area (Å²) in [6, 6.07) is 15.4. The Morgan fingerprint density at radius 1 is 0.927 bits per heavy atom. The first-order chi connectivity index (χ1) is 19.7. The molecule has 0 unspecified atom stereocenters. The maximum Gasteiger partial charge on any atom is 0.308 e. The molecule has 0 aliphatic carbocycles. The highest BCUT2D eigenvalue weighted by Gasteiger charge is 2.64. The first-order valence-corrected chi connectivity index (χ1v) is 12.8. The largest absolute Gasteiger partial charge is 0.495 e. The number of amides is 2. The molecule has 0 N–H and O–H groups in total. The fraction of sp³-hybridized carbons (Fsp3) is 0.200. The van der Waals surface area contributed by atoms with Crippen LogP contribution in [0.5, 0.6) is 11.5 Å². The van der Waals surface area contributed by atoms with Gasteiger partial charge in [0.25, 0.3) is 5.69 Å². The molecule has 3 aliphatic heterocycles. The van der Waals surface area contributed by atoms with Gasteiger partial charge in [0.2, 0.25) is 11.8 Å². The minimum absolute atomic E-state index is 0.0465. The molecule has 2 amide bonds. The lowest BCUT2D eigenvalue weighted by atomic mass is 9.86. The number of anilines is 2. The quantitative estimate of drug-likeness (QED) is 0.111. The number of ether oxygens (including phenoxy) is 2. The molecule has 3 aromatic carbocycles. The van der Waals surface area contributed by atoms with Crippen LogP contribution in [0, 0.1) is 22.0 Å². The van der Waals surface area contributed by atoms with Crippen LogP contribution in [0.3, 0.4) is 0 Å². The molecule has 2 saturated heterocycles. The zero-order chi connectivity index (χ0) is 29.0. The van der Waals surface area contributed by atoms with E-state index in [0.29, 0.717) is 5.69 Å². The van der Waals surface area contributed by atoms with Gasteiger partial charge in [-0.15, -0.1) is 0 Å². The SMILES string of the molecule is COc1ccc([N+](=O)[O-])cc1N1C(=O)[C@@H]2[C@H](C1=O)[C@@H](C(=O)c1ccc(OC(C)=O)cc1)N1c3ccccc3C=C[C@@H]21. The van der Waals surface area contributed by atoms with Gasteiger partial charge in [0, 0.05) is 30.3 Å². The molecule has 6 rings (SSSR count). The molecular weight excluding hydrogens is 530 g/mol. The van der Waals surface area contributed by atoms with Crippen LogP contribution in [0.2, 0.25) is 0 Å². The van der Waals surface area contributed by atoms with E-state index < -0.39 is 52.4 Å². The zero-order valence-corrected chi connectivity index (χ0v) is 21.9. The molecule has 3 aromatic rings. The summed E-state index contributed by atoms with van der Waals surface area (Å²) in [6.07, 6.45) is 3.68. The van der Waals surface area contributed by atoms with Crippen molar-refractivity contribution in [2.24, 2.45) is 11.8 Å². The van der Waals surface area contributed by atoms with E-state index in [4.69, 9.17) is 9.47 Å². The van der Waals surface area contributed by atoms with Crippen molar-refractivity contribution >= 4 is 46.7 Å². The minimum Gasteiger partial charge on any atom is -0.495 e. The molecule has 41 heavy (non-hydrogen) atoms. The number of fused-ring (bicyclic) bond motifs is 5. The number of hydrogen-bond donors (Lipinski definition) is 0. The van der Waals surface area contributed by atoms with Gasteiger partial charge in [0.15, 0.2) is 5.78 Å². The molecule has 11 heteroatoms. The van der Waals surface area contributed by atoms with Gasteiger partial charge in [-0.1, -0.05) is 30.4 Å². The summed E-state index contributed by atoms with van der Waals surface area (Å²) < 4.78 is 10.4. The minimum atomic E-state index is -1.08. The van der Waals surface area contributed by atoms with Gasteiger partial charge < -0.3 is 14.4 Å². The van der Waals surface area contributed by atoms with E-state index in [-0.39, 0.29) is 28.4 Å². The molecule has 11 nitrogen and oxygen atoms in total. The molecule has 0 bridgehead atoms. The number of esters is 1. The summed E-state index contributed by atoms with van der Waals surface area (Å²) in [5.41, 5.74) is 1.46. The van der Waals surface area contributed by atoms with Crippen LogP contribution in [0.25, 0.3) is 6.08 Å². The second kappa shape index (κ2) is 9.70. The normalized spacial score (nSPS) is 22.2. The molecule has 0 radical (unpaired) electrons. The number of para-hydroxylation sites is 1. The van der Waals surface area contributed by atoms with Crippen LogP contribution in [0.4, 0.5) is 17.1 Å². The smallest absolute Gasteiger partial charge is 0.308 e. The fourth-order valence-electron chi connectivity index (χ4n) is 6.04. The van der Waals surface area contributed by atoms with E-state index in [2.05, 4.69) is 0 Å². The number of benzene rings is 3. The third kappa shape index (κ3) is 4.05. The van der Waals surface area contributed by atoms with Crippen molar-refractivity contribution in [2.45, 2.75) is 19.0 Å². The van der Waals surface area contributed by atoms with Crippen LogP contribution >= 0.6 is 0 Å². The number of imide groups is 1. The molecule has 3 aliphatic rings. The molecule has 3 heterocycles. The van der Waals surface area contributed by atoms with Crippen molar-refractivity contribution < 1.29 is 33.6 Å². The standard InChI is InChI=1S/C30H23N3O8/c1-16(34)41-20-11-7-18(8-12-20)28(35)27-26-25(22-13-9-17-5-3-4-6-21(17)31(22)27)29(36)32(30(26)37)23-15-19(33(38)39)10-14-24(23)40-2/h3-15,22,25-27H,1-2H3/t22-,25-,26-,27-/m0/s1. The summed E-state index contributed by atoms with van der Waals surface area (Å²) in [5.74, 6) is -3.74. The fourth-order valence-corrected chi connectivity index (χ4v) is 6.04. The number of hydrogen-bond acceptors (Lipinski definition) is 9. The highest BCUT2D eigenvalue weighted by Crippen LogP contribution is 2.51. The first-order valence-electron chi connectivity index (χ1n) is 12.8. The maximum atomic E-state index is 14.2. The van der Waals surface area contributed by atoms with E-state index in [1.165, 1.54) is 50.4 Å². The zero-order valence-electron chi connectivity index (χ0n) is 21.9. The Bertz CT molecular complexity index is 1660. The predicted molar refractivity (Wildman–Crippen MR) is 147 cm³/mol. The second-order valence-corrected chi connectivity index (χ2v) is 9.92. The van der Waals surface area contributed by atoms with E-state index >= 15 is 0 Å². The molecule has 0 spiro atoms. The number of ketones is 1. The van der Waals surface area contributed by atoms with Gasteiger partial charge in [-0.25, -0.2) is 4.90 Å². The van der Waals surface area contributed by atoms with Crippen molar-refractivity contribution in [3.8, 4) is 11.5 Å². The van der Waals surface area contributed by atoms with Gasteiger partial charge in [-0.05, 0) is 42.0 Å². The molecular formula is C30H23N3O8. The number of Topliss-reactive ketones (excluding diaryl/α,β-unsaturated/α-hetero) is 1. The van der Waals surface area contributed by atoms with Crippen molar-refractivity contribution in [3.05, 3.63) is 94.0 Å². The molecule has 4 atom stereocenters. The number of methoxy groups -OCH3 is 1. The van der Waals surface area contributed by atoms with Crippen LogP contribution in [-0.4, -0.2) is 47.7 Å². The Morgan fingerprint density at radius 3 is 2.32 bits per heavy atom. The van der Waals surface area contributed by atoms with Crippen molar-refractivity contribution in [1.82, 2.24) is 0 Å². The summed E-state index contributed by atoms with van der Waals surface area (Å²) in [5, 5.41) is 11.5. The van der Waals surface area contributed by atoms with E-state index in [1.807, 2.05) is 41.3 Å². The first kappa shape index (κ1) is 25.9. The highest BCUT2D eigenvalue weighted by molar-refractivity contribution is 6.26. The number of rotatable bonds is 6. The molecule has 206 valence electrons. The molecule has 2 fully saturated rings. The second-order valence-electron chi connectivity index (χ2n) is 9.92. The Morgan fingerprint density at radius 2 is 1.63 bits per heavy atom.